The highest BCUT2D eigenvalue weighted by Crippen LogP contribution is 2.24. The van der Waals surface area contributed by atoms with E-state index in [9.17, 15) is 22.0 Å². The molecular formula is C9H9F2NO5S. The van der Waals surface area contributed by atoms with Crippen molar-refractivity contribution in [2.24, 2.45) is 0 Å². The second-order valence-electron chi connectivity index (χ2n) is 3.12. The van der Waals surface area contributed by atoms with Crippen molar-refractivity contribution < 1.29 is 31.8 Å². The maximum absolute atomic E-state index is 12.2. The molecule has 9 heteroatoms. The van der Waals surface area contributed by atoms with Crippen molar-refractivity contribution in [2.75, 3.05) is 11.8 Å². The van der Waals surface area contributed by atoms with Crippen LogP contribution in [0.5, 0.6) is 5.75 Å². The maximum Gasteiger partial charge on any atom is 0.355 e. The average molecular weight is 281 g/mol. The van der Waals surface area contributed by atoms with Gasteiger partial charge in [-0.25, -0.2) is 13.2 Å². The Bertz CT molecular complexity index is 558. The average Bonchev–Trinajstić information content (AvgIpc) is 2.27. The highest BCUT2D eigenvalue weighted by atomic mass is 32.2. The van der Waals surface area contributed by atoms with Gasteiger partial charge in [-0.3, -0.25) is 4.72 Å². The topological polar surface area (TPSA) is 92.7 Å². The van der Waals surface area contributed by atoms with Crippen LogP contribution in [0.15, 0.2) is 18.2 Å². The number of benzene rings is 1. The molecule has 0 saturated carbocycles. The van der Waals surface area contributed by atoms with Gasteiger partial charge < -0.3 is 9.84 Å². The number of hydrogen-bond acceptors (Lipinski definition) is 4. The van der Waals surface area contributed by atoms with Crippen molar-refractivity contribution in [1.82, 2.24) is 0 Å². The van der Waals surface area contributed by atoms with Crippen LogP contribution in [0.2, 0.25) is 0 Å². The van der Waals surface area contributed by atoms with Crippen LogP contribution in [0.4, 0.5) is 14.5 Å². The lowest BCUT2D eigenvalue weighted by Crippen LogP contribution is -2.22. The van der Waals surface area contributed by atoms with Crippen molar-refractivity contribution in [3.8, 4) is 5.75 Å². The van der Waals surface area contributed by atoms with Crippen LogP contribution in [0.25, 0.3) is 0 Å². The van der Waals surface area contributed by atoms with Gasteiger partial charge in [-0.05, 0) is 12.1 Å². The second-order valence-corrected chi connectivity index (χ2v) is 4.77. The molecular weight excluding hydrogens is 272 g/mol. The Morgan fingerprint density at radius 3 is 2.50 bits per heavy atom. The molecule has 18 heavy (non-hydrogen) atoms. The number of alkyl halides is 2. The zero-order valence-corrected chi connectivity index (χ0v) is 9.87. The molecule has 0 aliphatic heterocycles. The Hall–Kier alpha value is -1.90. The zero-order chi connectivity index (χ0) is 13.9. The molecule has 6 nitrogen and oxygen atoms in total. The van der Waals surface area contributed by atoms with Crippen LogP contribution >= 0.6 is 0 Å². The number of anilines is 1. The summed E-state index contributed by atoms with van der Waals surface area (Å²) in [5.74, 6) is -4.98. The first kappa shape index (κ1) is 14.2. The SMILES string of the molecule is COc1ccc(C(=O)O)c(NS(=O)(=O)C(F)F)c1. The number of carbonyl (C=O) groups is 1. The van der Waals surface area contributed by atoms with Gasteiger partial charge in [-0.1, -0.05) is 0 Å². The Morgan fingerprint density at radius 2 is 2.06 bits per heavy atom. The van der Waals surface area contributed by atoms with E-state index in [-0.39, 0.29) is 5.75 Å². The van der Waals surface area contributed by atoms with Gasteiger partial charge >= 0.3 is 11.7 Å². The number of nitrogens with one attached hydrogen (secondary N) is 1. The van der Waals surface area contributed by atoms with Crippen molar-refractivity contribution >= 4 is 21.7 Å². The van der Waals surface area contributed by atoms with Crippen LogP contribution in [-0.4, -0.2) is 32.4 Å². The van der Waals surface area contributed by atoms with Gasteiger partial charge in [0, 0.05) is 6.07 Å². The quantitative estimate of drug-likeness (QED) is 0.850. The fourth-order valence-electron chi connectivity index (χ4n) is 1.12. The Morgan fingerprint density at radius 1 is 1.44 bits per heavy atom. The number of aromatic carboxylic acids is 1. The van der Waals surface area contributed by atoms with Gasteiger partial charge in [0.25, 0.3) is 10.0 Å². The summed E-state index contributed by atoms with van der Waals surface area (Å²) in [5.41, 5.74) is -0.942. The maximum atomic E-state index is 12.2. The molecule has 0 unspecified atom stereocenters. The van der Waals surface area contributed by atoms with E-state index in [4.69, 9.17) is 9.84 Å². The lowest BCUT2D eigenvalue weighted by molar-refractivity contribution is 0.0698. The Kier molecular flexibility index (Phi) is 4.07. The lowest BCUT2D eigenvalue weighted by atomic mass is 10.2. The zero-order valence-electron chi connectivity index (χ0n) is 9.05. The molecule has 1 aromatic carbocycles. The van der Waals surface area contributed by atoms with E-state index in [0.717, 1.165) is 12.1 Å². The summed E-state index contributed by atoms with van der Waals surface area (Å²) in [6.07, 6.45) is 0. The smallest absolute Gasteiger partial charge is 0.355 e. The monoisotopic (exact) mass is 281 g/mol. The summed E-state index contributed by atoms with van der Waals surface area (Å²) in [6, 6.07) is 3.32. The van der Waals surface area contributed by atoms with E-state index >= 15 is 0 Å². The van der Waals surface area contributed by atoms with E-state index < -0.39 is 33.0 Å². The lowest BCUT2D eigenvalue weighted by Gasteiger charge is -2.11. The molecule has 100 valence electrons. The minimum atomic E-state index is -4.93. The summed E-state index contributed by atoms with van der Waals surface area (Å²) in [5, 5.41) is 8.80. The number of rotatable bonds is 5. The van der Waals surface area contributed by atoms with Crippen LogP contribution in [-0.2, 0) is 10.0 Å². The van der Waals surface area contributed by atoms with Gasteiger partial charge in [0.15, 0.2) is 0 Å². The van der Waals surface area contributed by atoms with Crippen LogP contribution in [0, 0.1) is 0 Å². The fourth-order valence-corrected chi connectivity index (χ4v) is 1.68. The summed E-state index contributed by atoms with van der Waals surface area (Å²) in [6.45, 7) is 0. The van der Waals surface area contributed by atoms with Gasteiger partial charge in [-0.2, -0.15) is 8.78 Å². The van der Waals surface area contributed by atoms with Crippen molar-refractivity contribution in [3.63, 3.8) is 0 Å². The predicted octanol–water partition coefficient (Wildman–Crippen LogP) is 1.36. The standard InChI is InChI=1S/C9H9F2NO5S/c1-17-5-2-3-6(8(13)14)7(4-5)12-18(15,16)9(10)11/h2-4,9,12H,1H3,(H,13,14). The molecule has 0 spiro atoms. The fraction of sp³-hybridized carbons (Fsp3) is 0.222. The summed E-state index contributed by atoms with van der Waals surface area (Å²) >= 11 is 0. The highest BCUT2D eigenvalue weighted by Gasteiger charge is 2.26. The number of hydrogen-bond donors (Lipinski definition) is 2. The molecule has 2 N–H and O–H groups in total. The predicted molar refractivity (Wildman–Crippen MR) is 58.5 cm³/mol. The molecule has 0 bridgehead atoms. The summed E-state index contributed by atoms with van der Waals surface area (Å²) < 4.78 is 52.6. The van der Waals surface area contributed by atoms with Crippen molar-refractivity contribution in [2.45, 2.75) is 5.76 Å². The van der Waals surface area contributed by atoms with Crippen LogP contribution in [0.3, 0.4) is 0 Å². The molecule has 1 aromatic rings. The molecule has 0 fully saturated rings. The number of ether oxygens (including phenoxy) is 1. The van der Waals surface area contributed by atoms with Crippen LogP contribution < -0.4 is 9.46 Å². The molecule has 0 saturated heterocycles. The minimum Gasteiger partial charge on any atom is -0.497 e. The highest BCUT2D eigenvalue weighted by molar-refractivity contribution is 7.93. The summed E-state index contributed by atoms with van der Waals surface area (Å²) in [7, 11) is -3.67. The number of carboxylic acid groups (broad SMARTS) is 1. The number of sulfonamides is 1. The third-order valence-electron chi connectivity index (χ3n) is 1.94. The molecule has 0 radical (unpaired) electrons. The molecule has 0 aliphatic rings. The Labute approximate surface area is 101 Å². The van der Waals surface area contributed by atoms with E-state index in [0.29, 0.717) is 0 Å². The molecule has 0 amide bonds. The third-order valence-corrected chi connectivity index (χ3v) is 2.92. The van der Waals surface area contributed by atoms with Gasteiger partial charge in [0.05, 0.1) is 18.4 Å². The van der Waals surface area contributed by atoms with Crippen LogP contribution in [0.1, 0.15) is 10.4 Å². The van der Waals surface area contributed by atoms with E-state index in [1.54, 1.807) is 0 Å². The van der Waals surface area contributed by atoms with Crippen molar-refractivity contribution in [3.05, 3.63) is 23.8 Å². The molecule has 1 rings (SSSR count). The summed E-state index contributed by atoms with van der Waals surface area (Å²) in [4.78, 5) is 10.8. The molecule has 0 aromatic heterocycles. The van der Waals surface area contributed by atoms with Gasteiger partial charge in [0.1, 0.15) is 5.75 Å². The third kappa shape index (κ3) is 3.06. The van der Waals surface area contributed by atoms with E-state index in [2.05, 4.69) is 0 Å². The normalized spacial score (nSPS) is 11.3. The van der Waals surface area contributed by atoms with Crippen molar-refractivity contribution in [1.29, 1.82) is 0 Å². The van der Waals surface area contributed by atoms with E-state index in [1.807, 2.05) is 0 Å². The second kappa shape index (κ2) is 5.17. The Balaban J connectivity index is 3.25. The first-order valence-corrected chi connectivity index (χ1v) is 6.03. The minimum absolute atomic E-state index is 0.131. The van der Waals surface area contributed by atoms with Gasteiger partial charge in [-0.15, -0.1) is 0 Å². The first-order valence-electron chi connectivity index (χ1n) is 4.49. The number of halogens is 2. The largest absolute Gasteiger partial charge is 0.497 e. The molecule has 0 atom stereocenters. The number of methoxy groups -OCH3 is 1. The van der Waals surface area contributed by atoms with E-state index in [1.165, 1.54) is 17.9 Å². The number of carboxylic acids is 1. The molecule has 0 heterocycles. The first-order chi connectivity index (χ1) is 8.27. The molecule has 0 aliphatic carbocycles. The van der Waals surface area contributed by atoms with Gasteiger partial charge in [0.2, 0.25) is 0 Å².